The second-order valence-corrected chi connectivity index (χ2v) is 6.01. The van der Waals surface area contributed by atoms with Gasteiger partial charge in [-0.15, -0.1) is 0 Å². The van der Waals surface area contributed by atoms with Crippen molar-refractivity contribution in [2.75, 3.05) is 0 Å². The molecule has 0 bridgehead atoms. The van der Waals surface area contributed by atoms with Crippen LogP contribution in [0, 0.1) is 17.0 Å². The maximum absolute atomic E-state index is 12.2. The van der Waals surface area contributed by atoms with Gasteiger partial charge in [0, 0.05) is 11.6 Å². The number of carbonyl (C=O) groups excluding carboxylic acids is 2. The van der Waals surface area contributed by atoms with Gasteiger partial charge in [-0.05, 0) is 40.2 Å². The fraction of sp³-hybridized carbons (Fsp3) is 0.467. The summed E-state index contributed by atoms with van der Waals surface area (Å²) in [6.45, 7) is 8.38. The molecule has 1 N–H and O–H groups in total. The average molecular weight is 308 g/mol. The van der Waals surface area contributed by atoms with Gasteiger partial charge in [0.05, 0.1) is 4.92 Å². The smallest absolute Gasteiger partial charge is 0.346 e. The molecular formula is C15H20N2O5. The van der Waals surface area contributed by atoms with Gasteiger partial charge in [-0.25, -0.2) is 4.79 Å². The van der Waals surface area contributed by atoms with Gasteiger partial charge < -0.3 is 10.1 Å². The number of nitro groups is 1. The summed E-state index contributed by atoms with van der Waals surface area (Å²) in [5.74, 6) is -1.35. The number of hydrogen-bond donors (Lipinski definition) is 1. The highest BCUT2D eigenvalue weighted by Gasteiger charge is 2.28. The lowest BCUT2D eigenvalue weighted by Gasteiger charge is -2.23. The Labute approximate surface area is 128 Å². The Bertz CT molecular complexity index is 604. The normalized spacial score (nSPS) is 12.4. The Balaban J connectivity index is 2.95. The third-order valence-electron chi connectivity index (χ3n) is 2.80. The lowest BCUT2D eigenvalue weighted by atomic mass is 10.1. The van der Waals surface area contributed by atoms with Gasteiger partial charge in [-0.3, -0.25) is 14.9 Å². The van der Waals surface area contributed by atoms with E-state index in [2.05, 4.69) is 5.32 Å². The number of amides is 1. The van der Waals surface area contributed by atoms with Crippen LogP contribution < -0.4 is 5.32 Å². The van der Waals surface area contributed by atoms with Gasteiger partial charge in [0.1, 0.15) is 5.56 Å². The summed E-state index contributed by atoms with van der Waals surface area (Å²) in [6.07, 6.45) is -1.05. The second-order valence-electron chi connectivity index (χ2n) is 6.01. The van der Waals surface area contributed by atoms with Crippen LogP contribution in [0.5, 0.6) is 0 Å². The molecular weight excluding hydrogens is 288 g/mol. The van der Waals surface area contributed by atoms with Gasteiger partial charge >= 0.3 is 5.97 Å². The molecule has 0 spiro atoms. The molecule has 1 amide bonds. The van der Waals surface area contributed by atoms with Crippen molar-refractivity contribution in [3.05, 3.63) is 39.4 Å². The highest BCUT2D eigenvalue weighted by Crippen LogP contribution is 2.23. The van der Waals surface area contributed by atoms with Crippen LogP contribution in [0.25, 0.3) is 0 Å². The summed E-state index contributed by atoms with van der Waals surface area (Å²) >= 11 is 0. The number of carbonyl (C=O) groups is 2. The molecule has 0 aliphatic heterocycles. The minimum atomic E-state index is -1.05. The van der Waals surface area contributed by atoms with Crippen molar-refractivity contribution in [1.29, 1.82) is 0 Å². The Hall–Kier alpha value is -2.44. The lowest BCUT2D eigenvalue weighted by Crippen LogP contribution is -2.46. The Morgan fingerprint density at radius 3 is 2.41 bits per heavy atom. The quantitative estimate of drug-likeness (QED) is 0.523. The Morgan fingerprint density at radius 1 is 1.32 bits per heavy atom. The number of nitrogens with zero attached hydrogens (tertiary/aromatic N) is 1. The molecule has 22 heavy (non-hydrogen) atoms. The van der Waals surface area contributed by atoms with E-state index in [-0.39, 0.29) is 11.3 Å². The topological polar surface area (TPSA) is 98.5 Å². The first-order valence-corrected chi connectivity index (χ1v) is 6.80. The molecule has 1 unspecified atom stereocenters. The number of nitrogens with one attached hydrogen (secondary N) is 1. The van der Waals surface area contributed by atoms with Gasteiger partial charge in [0.15, 0.2) is 6.10 Å². The summed E-state index contributed by atoms with van der Waals surface area (Å²) in [5, 5.41) is 13.7. The number of ether oxygens (including phenoxy) is 1. The first-order valence-electron chi connectivity index (χ1n) is 6.80. The zero-order valence-corrected chi connectivity index (χ0v) is 13.3. The number of nitro benzene ring substituents is 1. The fourth-order valence-electron chi connectivity index (χ4n) is 1.81. The van der Waals surface area contributed by atoms with Gasteiger partial charge in [0.2, 0.25) is 0 Å². The van der Waals surface area contributed by atoms with Crippen molar-refractivity contribution in [1.82, 2.24) is 5.32 Å². The molecule has 0 radical (unpaired) electrons. The summed E-state index contributed by atoms with van der Waals surface area (Å²) in [5.41, 5.74) is -0.522. The molecule has 0 aliphatic carbocycles. The number of rotatable bonds is 4. The maximum atomic E-state index is 12.2. The van der Waals surface area contributed by atoms with E-state index in [4.69, 9.17) is 4.74 Å². The van der Waals surface area contributed by atoms with Crippen molar-refractivity contribution in [3.63, 3.8) is 0 Å². The molecule has 0 fully saturated rings. The van der Waals surface area contributed by atoms with E-state index in [1.165, 1.54) is 19.1 Å². The Kier molecular flexibility index (Phi) is 5.24. The molecule has 0 saturated heterocycles. The van der Waals surface area contributed by atoms with Crippen molar-refractivity contribution < 1.29 is 19.2 Å². The van der Waals surface area contributed by atoms with E-state index in [0.717, 1.165) is 0 Å². The highest BCUT2D eigenvalue weighted by atomic mass is 16.6. The van der Waals surface area contributed by atoms with Crippen molar-refractivity contribution >= 4 is 17.6 Å². The molecule has 1 rings (SSSR count). The molecule has 0 saturated carbocycles. The number of hydrogen-bond acceptors (Lipinski definition) is 5. The average Bonchev–Trinajstić information content (AvgIpc) is 2.35. The minimum absolute atomic E-state index is 0.136. The SMILES string of the molecule is Cc1cccc([N+](=O)[O-])c1C(=O)OC(C)C(=O)NC(C)(C)C. The van der Waals surface area contributed by atoms with Crippen LogP contribution in [0.15, 0.2) is 18.2 Å². The molecule has 0 aromatic heterocycles. The van der Waals surface area contributed by atoms with Crippen LogP contribution in [0.3, 0.4) is 0 Å². The molecule has 120 valence electrons. The molecule has 0 aliphatic rings. The van der Waals surface area contributed by atoms with E-state index >= 15 is 0 Å². The van der Waals surface area contributed by atoms with Crippen LogP contribution in [-0.4, -0.2) is 28.4 Å². The van der Waals surface area contributed by atoms with E-state index < -0.39 is 28.4 Å². The summed E-state index contributed by atoms with van der Waals surface area (Å²) in [7, 11) is 0. The standard InChI is InChI=1S/C15H20N2O5/c1-9-7-6-8-11(17(20)21)12(9)14(19)22-10(2)13(18)16-15(3,4)5/h6-8,10H,1-5H3,(H,16,18). The van der Waals surface area contributed by atoms with E-state index in [0.29, 0.717) is 5.56 Å². The van der Waals surface area contributed by atoms with Crippen molar-refractivity contribution in [3.8, 4) is 0 Å². The maximum Gasteiger partial charge on any atom is 0.346 e. The zero-order valence-electron chi connectivity index (χ0n) is 13.3. The van der Waals surface area contributed by atoms with Crippen LogP contribution in [-0.2, 0) is 9.53 Å². The summed E-state index contributed by atoms with van der Waals surface area (Å²) in [4.78, 5) is 34.4. The van der Waals surface area contributed by atoms with E-state index in [1.54, 1.807) is 33.8 Å². The van der Waals surface area contributed by atoms with Gasteiger partial charge in [-0.1, -0.05) is 12.1 Å². The molecule has 1 aromatic rings. The largest absolute Gasteiger partial charge is 0.449 e. The summed E-state index contributed by atoms with van der Waals surface area (Å²) < 4.78 is 5.06. The first-order chi connectivity index (χ1) is 10.0. The second kappa shape index (κ2) is 6.55. The lowest BCUT2D eigenvalue weighted by molar-refractivity contribution is -0.385. The fourth-order valence-corrected chi connectivity index (χ4v) is 1.81. The predicted molar refractivity (Wildman–Crippen MR) is 80.6 cm³/mol. The van der Waals surface area contributed by atoms with Gasteiger partial charge in [0.25, 0.3) is 11.6 Å². The van der Waals surface area contributed by atoms with E-state index in [1.807, 2.05) is 0 Å². The molecule has 1 atom stereocenters. The third kappa shape index (κ3) is 4.54. The van der Waals surface area contributed by atoms with Crippen LogP contribution in [0.1, 0.15) is 43.6 Å². The van der Waals surface area contributed by atoms with E-state index in [9.17, 15) is 19.7 Å². The minimum Gasteiger partial charge on any atom is -0.449 e. The van der Waals surface area contributed by atoms with Crippen LogP contribution >= 0.6 is 0 Å². The predicted octanol–water partition coefficient (Wildman–Crippen LogP) is 2.36. The monoisotopic (exact) mass is 308 g/mol. The van der Waals surface area contributed by atoms with Crippen LogP contribution in [0.4, 0.5) is 5.69 Å². The number of aryl methyl sites for hydroxylation is 1. The van der Waals surface area contributed by atoms with Crippen molar-refractivity contribution in [2.24, 2.45) is 0 Å². The van der Waals surface area contributed by atoms with Crippen molar-refractivity contribution in [2.45, 2.75) is 46.3 Å². The number of esters is 1. The Morgan fingerprint density at radius 2 is 1.91 bits per heavy atom. The first kappa shape index (κ1) is 17.6. The molecule has 0 heterocycles. The summed E-state index contributed by atoms with van der Waals surface area (Å²) in [6, 6.07) is 4.28. The molecule has 1 aromatic carbocycles. The molecule has 7 nitrogen and oxygen atoms in total. The highest BCUT2D eigenvalue weighted by molar-refractivity contribution is 5.97. The van der Waals surface area contributed by atoms with Crippen LogP contribution in [0.2, 0.25) is 0 Å². The van der Waals surface area contributed by atoms with Gasteiger partial charge in [-0.2, -0.15) is 0 Å². The third-order valence-corrected chi connectivity index (χ3v) is 2.80. The molecule has 7 heteroatoms. The zero-order chi connectivity index (χ0) is 17.1. The number of benzene rings is 1.